The zero-order chi connectivity index (χ0) is 19.2. The highest BCUT2D eigenvalue weighted by Gasteiger charge is 2.16. The highest BCUT2D eigenvalue weighted by Crippen LogP contribution is 2.29. The zero-order valence-electron chi connectivity index (χ0n) is 16.3. The second-order valence-corrected chi connectivity index (χ2v) is 6.97. The lowest BCUT2D eigenvalue weighted by Gasteiger charge is -2.32. The summed E-state index contributed by atoms with van der Waals surface area (Å²) in [6, 6.07) is 13.3. The smallest absolute Gasteiger partial charge is 0.255 e. The number of carbonyl (C=O) groups is 1. The van der Waals surface area contributed by atoms with Crippen molar-refractivity contribution in [3.05, 3.63) is 48.0 Å². The van der Waals surface area contributed by atoms with Crippen molar-refractivity contribution in [1.29, 1.82) is 0 Å². The summed E-state index contributed by atoms with van der Waals surface area (Å²) in [7, 11) is 1.57. The van der Waals surface area contributed by atoms with E-state index in [0.29, 0.717) is 23.7 Å². The van der Waals surface area contributed by atoms with E-state index < -0.39 is 0 Å². The van der Waals surface area contributed by atoms with Crippen molar-refractivity contribution in [2.45, 2.75) is 26.7 Å². The summed E-state index contributed by atoms with van der Waals surface area (Å²) in [6.45, 7) is 6.96. The van der Waals surface area contributed by atoms with Gasteiger partial charge >= 0.3 is 0 Å². The zero-order valence-corrected chi connectivity index (χ0v) is 16.3. The number of piperidine rings is 1. The van der Waals surface area contributed by atoms with Crippen LogP contribution >= 0.6 is 0 Å². The quantitative estimate of drug-likeness (QED) is 0.811. The van der Waals surface area contributed by atoms with E-state index in [-0.39, 0.29) is 5.91 Å². The van der Waals surface area contributed by atoms with E-state index in [2.05, 4.69) is 29.3 Å². The van der Waals surface area contributed by atoms with Gasteiger partial charge < -0.3 is 19.7 Å². The van der Waals surface area contributed by atoms with Gasteiger partial charge in [-0.1, -0.05) is 6.92 Å². The summed E-state index contributed by atoms with van der Waals surface area (Å²) in [5, 5.41) is 2.94. The minimum Gasteiger partial charge on any atom is -0.493 e. The first kappa shape index (κ1) is 19.1. The van der Waals surface area contributed by atoms with Crippen LogP contribution in [0.5, 0.6) is 11.5 Å². The van der Waals surface area contributed by atoms with Gasteiger partial charge in [-0.25, -0.2) is 0 Å². The van der Waals surface area contributed by atoms with Crippen molar-refractivity contribution in [2.75, 3.05) is 37.0 Å². The van der Waals surface area contributed by atoms with Crippen molar-refractivity contribution in [3.63, 3.8) is 0 Å². The number of ether oxygens (including phenoxy) is 2. The van der Waals surface area contributed by atoms with Crippen LogP contribution in [-0.4, -0.2) is 32.7 Å². The van der Waals surface area contributed by atoms with E-state index in [4.69, 9.17) is 9.47 Å². The van der Waals surface area contributed by atoms with Crippen LogP contribution in [0.15, 0.2) is 42.5 Å². The van der Waals surface area contributed by atoms with E-state index in [1.165, 1.54) is 18.5 Å². The topological polar surface area (TPSA) is 50.8 Å². The second kappa shape index (κ2) is 8.80. The molecule has 0 atom stereocenters. The minimum atomic E-state index is -0.170. The summed E-state index contributed by atoms with van der Waals surface area (Å²) >= 11 is 0. The molecule has 1 N–H and O–H groups in total. The van der Waals surface area contributed by atoms with Crippen LogP contribution in [0.1, 0.15) is 37.0 Å². The van der Waals surface area contributed by atoms with Crippen LogP contribution in [0, 0.1) is 5.92 Å². The molecule has 1 aliphatic rings. The summed E-state index contributed by atoms with van der Waals surface area (Å²) in [5.41, 5.74) is 2.52. The highest BCUT2D eigenvalue weighted by molar-refractivity contribution is 6.04. The van der Waals surface area contributed by atoms with Crippen molar-refractivity contribution in [2.24, 2.45) is 5.92 Å². The fraction of sp³-hybridized carbons (Fsp3) is 0.409. The van der Waals surface area contributed by atoms with Gasteiger partial charge in [-0.05, 0) is 68.1 Å². The molecule has 0 spiro atoms. The van der Waals surface area contributed by atoms with E-state index >= 15 is 0 Å². The standard InChI is InChI=1S/C22H28N2O3/c1-4-27-20-10-5-17(15-21(20)26-3)22(25)23-18-6-8-19(9-7-18)24-13-11-16(2)12-14-24/h5-10,15-16H,4,11-14H2,1-3H3,(H,23,25). The molecule has 1 saturated heterocycles. The number of rotatable bonds is 6. The SMILES string of the molecule is CCOc1ccc(C(=O)Nc2ccc(N3CCC(C)CC3)cc2)cc1OC. The number of methoxy groups -OCH3 is 1. The van der Waals surface area contributed by atoms with E-state index in [9.17, 15) is 4.79 Å². The molecular weight excluding hydrogens is 340 g/mol. The second-order valence-electron chi connectivity index (χ2n) is 6.97. The van der Waals surface area contributed by atoms with Gasteiger partial charge in [0.1, 0.15) is 0 Å². The highest BCUT2D eigenvalue weighted by atomic mass is 16.5. The Bertz CT molecular complexity index is 766. The first-order valence-corrected chi connectivity index (χ1v) is 9.58. The maximum absolute atomic E-state index is 12.6. The maximum atomic E-state index is 12.6. The molecule has 5 nitrogen and oxygen atoms in total. The van der Waals surface area contributed by atoms with Crippen molar-refractivity contribution in [1.82, 2.24) is 0 Å². The molecule has 0 aromatic heterocycles. The van der Waals surface area contributed by atoms with Gasteiger partial charge in [0.15, 0.2) is 11.5 Å². The molecule has 1 heterocycles. The Morgan fingerprint density at radius 2 is 1.81 bits per heavy atom. The Labute approximate surface area is 161 Å². The third-order valence-electron chi connectivity index (χ3n) is 5.00. The van der Waals surface area contributed by atoms with Crippen LogP contribution in [0.4, 0.5) is 11.4 Å². The van der Waals surface area contributed by atoms with Crippen LogP contribution in [0.2, 0.25) is 0 Å². The summed E-state index contributed by atoms with van der Waals surface area (Å²) in [4.78, 5) is 15.0. The number of carbonyl (C=O) groups excluding carboxylic acids is 1. The molecule has 1 fully saturated rings. The molecule has 2 aromatic rings. The monoisotopic (exact) mass is 368 g/mol. The molecule has 27 heavy (non-hydrogen) atoms. The number of benzene rings is 2. The Kier molecular flexibility index (Phi) is 6.22. The van der Waals surface area contributed by atoms with Crippen molar-refractivity contribution in [3.8, 4) is 11.5 Å². The van der Waals surface area contributed by atoms with E-state index in [1.807, 2.05) is 19.1 Å². The summed E-state index contributed by atoms with van der Waals surface area (Å²) in [6.07, 6.45) is 2.47. The summed E-state index contributed by atoms with van der Waals surface area (Å²) in [5.74, 6) is 1.83. The first-order chi connectivity index (χ1) is 13.1. The van der Waals surface area contributed by atoms with Crippen LogP contribution in [0.3, 0.4) is 0 Å². The van der Waals surface area contributed by atoms with E-state index in [0.717, 1.165) is 24.7 Å². The summed E-state index contributed by atoms with van der Waals surface area (Å²) < 4.78 is 10.8. The fourth-order valence-corrected chi connectivity index (χ4v) is 3.31. The minimum absolute atomic E-state index is 0.170. The molecule has 0 unspecified atom stereocenters. The Morgan fingerprint density at radius 1 is 1.11 bits per heavy atom. The molecule has 0 radical (unpaired) electrons. The van der Waals surface area contributed by atoms with Gasteiger partial charge in [0, 0.05) is 30.0 Å². The molecule has 2 aromatic carbocycles. The van der Waals surface area contributed by atoms with Crippen molar-refractivity contribution >= 4 is 17.3 Å². The third kappa shape index (κ3) is 4.73. The molecular formula is C22H28N2O3. The van der Waals surface area contributed by atoms with Crippen LogP contribution in [-0.2, 0) is 0 Å². The lowest BCUT2D eigenvalue weighted by molar-refractivity contribution is 0.102. The van der Waals surface area contributed by atoms with Gasteiger partial charge in [-0.15, -0.1) is 0 Å². The van der Waals surface area contributed by atoms with Gasteiger partial charge in [0.2, 0.25) is 0 Å². The Hall–Kier alpha value is -2.69. The largest absolute Gasteiger partial charge is 0.493 e. The van der Waals surface area contributed by atoms with Crippen LogP contribution in [0.25, 0.3) is 0 Å². The molecule has 3 rings (SSSR count). The van der Waals surface area contributed by atoms with Gasteiger partial charge in [0.05, 0.1) is 13.7 Å². The maximum Gasteiger partial charge on any atom is 0.255 e. The van der Waals surface area contributed by atoms with Gasteiger partial charge in [0.25, 0.3) is 5.91 Å². The average Bonchev–Trinajstić information content (AvgIpc) is 2.69. The van der Waals surface area contributed by atoms with Gasteiger partial charge in [-0.2, -0.15) is 0 Å². The van der Waals surface area contributed by atoms with Crippen molar-refractivity contribution < 1.29 is 14.3 Å². The molecule has 0 aliphatic carbocycles. The molecule has 1 aliphatic heterocycles. The number of nitrogens with zero attached hydrogens (tertiary/aromatic N) is 1. The van der Waals surface area contributed by atoms with E-state index in [1.54, 1.807) is 25.3 Å². The fourth-order valence-electron chi connectivity index (χ4n) is 3.31. The lowest BCUT2D eigenvalue weighted by Crippen LogP contribution is -2.32. The number of hydrogen-bond donors (Lipinski definition) is 1. The predicted octanol–water partition coefficient (Wildman–Crippen LogP) is 4.58. The number of hydrogen-bond acceptors (Lipinski definition) is 4. The number of amides is 1. The third-order valence-corrected chi connectivity index (χ3v) is 5.00. The Balaban J connectivity index is 1.65. The van der Waals surface area contributed by atoms with Crippen LogP contribution < -0.4 is 19.7 Å². The molecule has 144 valence electrons. The lowest BCUT2D eigenvalue weighted by atomic mass is 9.99. The Morgan fingerprint density at radius 3 is 2.44 bits per heavy atom. The van der Waals surface area contributed by atoms with Gasteiger partial charge in [-0.3, -0.25) is 4.79 Å². The molecule has 5 heteroatoms. The molecule has 0 saturated carbocycles. The normalized spacial score (nSPS) is 14.7. The number of anilines is 2. The molecule has 0 bridgehead atoms. The first-order valence-electron chi connectivity index (χ1n) is 9.58. The number of nitrogens with one attached hydrogen (secondary N) is 1. The predicted molar refractivity (Wildman–Crippen MR) is 109 cm³/mol. The average molecular weight is 368 g/mol. The molecule has 1 amide bonds.